The highest BCUT2D eigenvalue weighted by Gasteiger charge is 2.06. The minimum Gasteiger partial charge on any atom is -0.381 e. The van der Waals surface area contributed by atoms with E-state index in [0.29, 0.717) is 5.82 Å². The monoisotopic (exact) mass is 261 g/mol. The van der Waals surface area contributed by atoms with Gasteiger partial charge in [-0.15, -0.1) is 5.10 Å². The predicted molar refractivity (Wildman–Crippen MR) is 47.9 cm³/mol. The number of hydrogen-bond donors (Lipinski definition) is 1. The molecule has 0 aliphatic rings. The Morgan fingerprint density at radius 3 is 3.09 bits per heavy atom. The number of anilines is 1. The van der Waals surface area contributed by atoms with E-state index in [-0.39, 0.29) is 0 Å². The molecular weight excluding hydrogens is 257 g/mol. The molecule has 2 N–H and O–H groups in total. The molecule has 0 saturated heterocycles. The van der Waals surface area contributed by atoms with E-state index in [0.717, 1.165) is 9.22 Å². The maximum atomic E-state index is 5.55. The molecule has 0 aromatic carbocycles. The van der Waals surface area contributed by atoms with Gasteiger partial charge in [-0.1, -0.05) is 0 Å². The Morgan fingerprint density at radius 2 is 2.36 bits per heavy atom. The lowest BCUT2D eigenvalue weighted by molar-refractivity contribution is 0.895. The number of rotatable bonds is 0. The van der Waals surface area contributed by atoms with Crippen LogP contribution >= 0.6 is 22.6 Å². The number of aromatic nitrogens is 4. The minimum absolute atomic E-state index is 0.492. The third-order valence-corrected chi connectivity index (χ3v) is 2.31. The maximum Gasteiger partial charge on any atom is 0.174 e. The summed E-state index contributed by atoms with van der Waals surface area (Å²) in [5.41, 5.74) is 6.29. The lowest BCUT2D eigenvalue weighted by Crippen LogP contribution is -1.91. The number of nitrogens with zero attached hydrogens (tertiary/aromatic N) is 4. The van der Waals surface area contributed by atoms with Gasteiger partial charge in [0.05, 0.1) is 0 Å². The Labute approximate surface area is 75.8 Å². The molecule has 0 amide bonds. The Kier molecular flexibility index (Phi) is 1.41. The van der Waals surface area contributed by atoms with Crippen molar-refractivity contribution in [3.05, 3.63) is 16.2 Å². The third kappa shape index (κ3) is 0.934. The van der Waals surface area contributed by atoms with Crippen LogP contribution in [-0.4, -0.2) is 19.6 Å². The number of nitrogen functional groups attached to an aromatic ring is 1. The molecule has 2 heterocycles. The Morgan fingerprint density at radius 1 is 1.55 bits per heavy atom. The van der Waals surface area contributed by atoms with E-state index in [9.17, 15) is 0 Å². The predicted octanol–water partition coefficient (Wildman–Crippen LogP) is 0.311. The molecule has 0 radical (unpaired) electrons. The quantitative estimate of drug-likeness (QED) is 0.693. The molecule has 0 unspecified atom stereocenters. The highest BCUT2D eigenvalue weighted by Crippen LogP contribution is 2.16. The summed E-state index contributed by atoms with van der Waals surface area (Å²) in [5, 5.41) is 3.97. The number of nitrogens with two attached hydrogens (primary N) is 1. The minimum atomic E-state index is 0.492. The molecule has 0 aliphatic heterocycles. The van der Waals surface area contributed by atoms with Crippen LogP contribution in [0.1, 0.15) is 0 Å². The second kappa shape index (κ2) is 2.29. The van der Waals surface area contributed by atoms with Gasteiger partial charge in [-0.25, -0.2) is 14.5 Å². The zero-order chi connectivity index (χ0) is 7.84. The average Bonchev–Trinajstić information content (AvgIpc) is 2.30. The summed E-state index contributed by atoms with van der Waals surface area (Å²) >= 11 is 2.10. The maximum absolute atomic E-state index is 5.55. The fourth-order valence-electron chi connectivity index (χ4n) is 0.800. The van der Waals surface area contributed by atoms with E-state index < -0.39 is 0 Å². The van der Waals surface area contributed by atoms with Gasteiger partial charge in [-0.2, -0.15) is 0 Å². The first kappa shape index (κ1) is 6.77. The number of hydrogen-bond acceptors (Lipinski definition) is 4. The van der Waals surface area contributed by atoms with Crippen LogP contribution in [0.2, 0.25) is 0 Å². The van der Waals surface area contributed by atoms with Crippen molar-refractivity contribution in [1.82, 2.24) is 19.6 Å². The second-order valence-electron chi connectivity index (χ2n) is 1.98. The fraction of sp³-hybridized carbons (Fsp3) is 0. The Balaban J connectivity index is 2.92. The zero-order valence-electron chi connectivity index (χ0n) is 5.40. The summed E-state index contributed by atoms with van der Waals surface area (Å²) in [4.78, 5) is 7.80. The second-order valence-corrected chi connectivity index (χ2v) is 3.06. The molecule has 0 aliphatic carbocycles. The van der Waals surface area contributed by atoms with Crippen LogP contribution in [0, 0.1) is 3.57 Å². The molecule has 0 saturated carbocycles. The van der Waals surface area contributed by atoms with Gasteiger partial charge in [-0.05, 0) is 22.6 Å². The number of halogens is 1. The Bertz CT molecular complexity index is 395. The van der Waals surface area contributed by atoms with Crippen molar-refractivity contribution < 1.29 is 0 Å². The highest BCUT2D eigenvalue weighted by molar-refractivity contribution is 14.1. The molecule has 0 atom stereocenters. The van der Waals surface area contributed by atoms with E-state index in [1.807, 2.05) is 0 Å². The van der Waals surface area contributed by atoms with Gasteiger partial charge in [-0.3, -0.25) is 0 Å². The molecule has 2 aromatic heterocycles. The van der Waals surface area contributed by atoms with E-state index in [1.54, 1.807) is 10.8 Å². The van der Waals surface area contributed by atoms with Crippen molar-refractivity contribution in [2.24, 2.45) is 0 Å². The van der Waals surface area contributed by atoms with Crippen LogP contribution in [0.15, 0.2) is 12.7 Å². The van der Waals surface area contributed by atoms with Crippen molar-refractivity contribution >= 4 is 34.1 Å². The largest absolute Gasteiger partial charge is 0.381 e. The topological polar surface area (TPSA) is 69.1 Å². The summed E-state index contributed by atoms with van der Waals surface area (Å²) in [5.74, 6) is 0.492. The van der Waals surface area contributed by atoms with Crippen molar-refractivity contribution in [2.45, 2.75) is 0 Å². The SMILES string of the molecule is Nc1nn2cncnc2c1I. The van der Waals surface area contributed by atoms with E-state index >= 15 is 0 Å². The number of fused-ring (bicyclic) bond motifs is 1. The summed E-state index contributed by atoms with van der Waals surface area (Å²) in [6.45, 7) is 0. The van der Waals surface area contributed by atoms with Gasteiger partial charge in [0.2, 0.25) is 0 Å². The van der Waals surface area contributed by atoms with Crippen LogP contribution in [0.4, 0.5) is 5.82 Å². The molecule has 0 bridgehead atoms. The van der Waals surface area contributed by atoms with Crippen molar-refractivity contribution in [3.63, 3.8) is 0 Å². The molecule has 2 rings (SSSR count). The summed E-state index contributed by atoms with van der Waals surface area (Å²) in [6, 6.07) is 0. The molecule has 2 aromatic rings. The van der Waals surface area contributed by atoms with Crippen LogP contribution in [-0.2, 0) is 0 Å². The molecule has 0 spiro atoms. The van der Waals surface area contributed by atoms with Crippen molar-refractivity contribution in [2.75, 3.05) is 5.73 Å². The Hall–Kier alpha value is -0.920. The van der Waals surface area contributed by atoms with Crippen molar-refractivity contribution in [3.8, 4) is 0 Å². The van der Waals surface area contributed by atoms with Crippen LogP contribution in [0.5, 0.6) is 0 Å². The fourth-order valence-corrected chi connectivity index (χ4v) is 1.29. The standard InChI is InChI=1S/C5H4IN5/c6-3-4(7)10-11-2-8-1-9-5(3)11/h1-2H,(H2,7,10). The van der Waals surface area contributed by atoms with Gasteiger partial charge < -0.3 is 5.73 Å². The normalized spacial score (nSPS) is 10.6. The van der Waals surface area contributed by atoms with Crippen LogP contribution < -0.4 is 5.73 Å². The van der Waals surface area contributed by atoms with E-state index in [2.05, 4.69) is 37.7 Å². The molecule has 11 heavy (non-hydrogen) atoms. The van der Waals surface area contributed by atoms with Gasteiger partial charge in [0, 0.05) is 0 Å². The molecule has 6 heteroatoms. The first-order valence-corrected chi connectivity index (χ1v) is 3.96. The lowest BCUT2D eigenvalue weighted by atomic mass is 10.6. The van der Waals surface area contributed by atoms with Gasteiger partial charge in [0.25, 0.3) is 0 Å². The smallest absolute Gasteiger partial charge is 0.174 e. The van der Waals surface area contributed by atoms with Gasteiger partial charge in [0.1, 0.15) is 16.2 Å². The summed E-state index contributed by atoms with van der Waals surface area (Å²) in [6.07, 6.45) is 3.04. The molecule has 0 fully saturated rings. The zero-order valence-corrected chi connectivity index (χ0v) is 7.56. The third-order valence-electron chi connectivity index (χ3n) is 1.28. The summed E-state index contributed by atoms with van der Waals surface area (Å²) < 4.78 is 2.42. The first-order chi connectivity index (χ1) is 5.29. The van der Waals surface area contributed by atoms with Gasteiger partial charge >= 0.3 is 0 Å². The molecular formula is C5H4IN5. The lowest BCUT2D eigenvalue weighted by Gasteiger charge is -1.86. The first-order valence-electron chi connectivity index (χ1n) is 2.88. The molecule has 5 nitrogen and oxygen atoms in total. The van der Waals surface area contributed by atoms with E-state index in [1.165, 1.54) is 6.33 Å². The van der Waals surface area contributed by atoms with Crippen LogP contribution in [0.25, 0.3) is 5.65 Å². The highest BCUT2D eigenvalue weighted by atomic mass is 127. The van der Waals surface area contributed by atoms with E-state index in [4.69, 9.17) is 5.73 Å². The van der Waals surface area contributed by atoms with Crippen LogP contribution in [0.3, 0.4) is 0 Å². The molecule has 56 valence electrons. The average molecular weight is 261 g/mol. The van der Waals surface area contributed by atoms with Gasteiger partial charge in [0.15, 0.2) is 11.5 Å². The summed E-state index contributed by atoms with van der Waals surface area (Å²) in [7, 11) is 0. The van der Waals surface area contributed by atoms with Crippen molar-refractivity contribution in [1.29, 1.82) is 0 Å².